The zero-order chi connectivity index (χ0) is 37.2. The van der Waals surface area contributed by atoms with E-state index in [9.17, 15) is 29.4 Å². The quantitative estimate of drug-likeness (QED) is 0.0492. The number of carboxylic acid groups (broad SMARTS) is 2. The minimum Gasteiger partial charge on any atom is -0.480 e. The van der Waals surface area contributed by atoms with Crippen LogP contribution in [-0.4, -0.2) is 131 Å². The van der Waals surface area contributed by atoms with Gasteiger partial charge in [0.05, 0.1) is 32.4 Å². The topological polar surface area (TPSA) is 188 Å². The van der Waals surface area contributed by atoms with Gasteiger partial charge < -0.3 is 20.3 Å². The first-order valence-corrected chi connectivity index (χ1v) is 16.5. The van der Waals surface area contributed by atoms with E-state index in [2.05, 4.69) is 52.4 Å². The van der Waals surface area contributed by atoms with Gasteiger partial charge in [-0.1, -0.05) is 65.9 Å². The Balaban J connectivity index is 2.60. The van der Waals surface area contributed by atoms with Crippen LogP contribution < -0.4 is 26.3 Å². The summed E-state index contributed by atoms with van der Waals surface area (Å²) in [6.45, 7) is 12.5. The summed E-state index contributed by atoms with van der Waals surface area (Å²) >= 11 is 10.5. The Morgan fingerprint density at radius 1 is 0.878 bits per heavy atom. The molecule has 274 valence electrons. The lowest BCUT2D eigenvalue weighted by Crippen LogP contribution is -2.51. The second-order valence-electron chi connectivity index (χ2n) is 14.1. The molecule has 0 fully saturated rings. The fraction of sp³-hybridized carbons (Fsp3) is 0.594. The lowest BCUT2D eigenvalue weighted by atomic mass is 9.90. The summed E-state index contributed by atoms with van der Waals surface area (Å²) in [7, 11) is 1.99. The van der Waals surface area contributed by atoms with Crippen molar-refractivity contribution in [3.63, 3.8) is 0 Å². The highest BCUT2D eigenvalue weighted by Gasteiger charge is 2.20. The molecule has 1 aromatic rings. The van der Waals surface area contributed by atoms with Crippen molar-refractivity contribution in [1.29, 1.82) is 0 Å². The monoisotopic (exact) mass is 724 g/mol. The summed E-state index contributed by atoms with van der Waals surface area (Å²) in [5, 5.41) is 25.4. The van der Waals surface area contributed by atoms with Crippen LogP contribution >= 0.6 is 24.4 Å². The highest BCUT2D eigenvalue weighted by atomic mass is 32.1. The van der Waals surface area contributed by atoms with Crippen molar-refractivity contribution in [1.82, 2.24) is 36.3 Å². The number of carbonyl (C=O) groups excluding carboxylic acids is 2. The Labute approximate surface area is 299 Å². The van der Waals surface area contributed by atoms with Crippen LogP contribution in [0.15, 0.2) is 29.4 Å². The van der Waals surface area contributed by atoms with Gasteiger partial charge in [-0.05, 0) is 54.2 Å². The Hall–Kier alpha value is -3.77. The first-order valence-electron chi connectivity index (χ1n) is 15.7. The van der Waals surface area contributed by atoms with E-state index in [1.165, 1.54) is 16.0 Å². The highest BCUT2D eigenvalue weighted by molar-refractivity contribution is 7.80. The molecule has 0 aromatic heterocycles. The van der Waals surface area contributed by atoms with Gasteiger partial charge in [0.15, 0.2) is 0 Å². The number of carbonyl (C=O) groups is 4. The van der Waals surface area contributed by atoms with Gasteiger partial charge in [-0.15, -0.1) is 0 Å². The second kappa shape index (κ2) is 21.3. The number of hydrazine groups is 1. The molecule has 6 N–H and O–H groups in total. The maximum absolute atomic E-state index is 12.6. The normalized spacial score (nSPS) is 11.9. The largest absolute Gasteiger partial charge is 0.480 e. The number of nitrogens with one attached hydrogen (secondary N) is 4. The molecule has 0 aliphatic rings. The van der Waals surface area contributed by atoms with Gasteiger partial charge in [0.1, 0.15) is 12.5 Å². The molecule has 0 saturated carbocycles. The fourth-order valence-electron chi connectivity index (χ4n) is 4.49. The molecule has 0 aliphatic heterocycles. The van der Waals surface area contributed by atoms with Crippen molar-refractivity contribution < 1.29 is 34.1 Å². The third-order valence-electron chi connectivity index (χ3n) is 6.14. The molecule has 0 atom stereocenters. The summed E-state index contributed by atoms with van der Waals surface area (Å²) < 4.78 is 5.86. The predicted molar refractivity (Wildman–Crippen MR) is 196 cm³/mol. The minimum absolute atomic E-state index is 0.00857. The maximum atomic E-state index is 12.6. The van der Waals surface area contributed by atoms with E-state index in [-0.39, 0.29) is 48.7 Å². The van der Waals surface area contributed by atoms with Gasteiger partial charge in [-0.2, -0.15) is 5.10 Å². The third-order valence-corrected chi connectivity index (χ3v) is 6.63. The van der Waals surface area contributed by atoms with E-state index in [0.717, 1.165) is 12.1 Å². The molecule has 0 radical (unpaired) electrons. The molecular weight excluding hydrogens is 673 g/mol. The van der Waals surface area contributed by atoms with Crippen LogP contribution in [0.4, 0.5) is 0 Å². The smallest absolute Gasteiger partial charge is 0.317 e. The first-order chi connectivity index (χ1) is 22.7. The molecule has 15 nitrogen and oxygen atoms in total. The van der Waals surface area contributed by atoms with E-state index in [1.807, 2.05) is 52.1 Å². The summed E-state index contributed by atoms with van der Waals surface area (Å²) in [5.74, 6) is -2.70. The van der Waals surface area contributed by atoms with Gasteiger partial charge in [0, 0.05) is 31.0 Å². The van der Waals surface area contributed by atoms with E-state index >= 15 is 0 Å². The van der Waals surface area contributed by atoms with Gasteiger partial charge in [0.25, 0.3) is 5.91 Å². The first kappa shape index (κ1) is 43.3. The average Bonchev–Trinajstić information content (AvgIpc) is 2.94. The highest BCUT2D eigenvalue weighted by Crippen LogP contribution is 2.19. The molecule has 0 heterocycles. The number of thiocarbonyl (C=S) groups is 2. The summed E-state index contributed by atoms with van der Waals surface area (Å²) in [6, 6.07) is 7.33. The molecular formula is C32H52N8O7S2. The standard InChI is InChI=1S/C32H52N8O7S2/c1-31(2,3)14-25(48)16-33-26(41)17-39(19-28(43)44)11-12-40(20-29(45)46)18-27(42)35-37-30(49)36-34-15-23-9-8-10-24(13-23)47-22-38(7)21-32(4,5)6/h8-10,13,15H,11-12,14,16-22H2,1-7H3,(H,33,41)(H,35,42)(H,43,44)(H,45,46)(H2,36,37,49)/b34-15+. The van der Waals surface area contributed by atoms with Gasteiger partial charge in [-0.3, -0.25) is 50.2 Å². The van der Waals surface area contributed by atoms with Crippen LogP contribution in [0.25, 0.3) is 0 Å². The van der Waals surface area contributed by atoms with E-state index < -0.39 is 36.8 Å². The Morgan fingerprint density at radius 2 is 1.47 bits per heavy atom. The SMILES string of the molecule is CN(COc1cccc(/C=N/NC(=S)NNC(=O)CN(CCN(CC(=O)O)CC(=O)NCC(=S)CC(C)(C)C)CC(=O)O)c1)CC(C)(C)C. The molecule has 0 aliphatic carbocycles. The summed E-state index contributed by atoms with van der Waals surface area (Å²) in [6.07, 6.45) is 2.16. The minimum atomic E-state index is -1.19. The number of amides is 2. The molecule has 1 rings (SSSR count). The van der Waals surface area contributed by atoms with Crippen molar-refractivity contribution in [2.45, 2.75) is 48.0 Å². The second-order valence-corrected chi connectivity index (χ2v) is 15.0. The number of hydrogen-bond donors (Lipinski definition) is 6. The molecule has 0 bridgehead atoms. The average molecular weight is 725 g/mol. The summed E-state index contributed by atoms with van der Waals surface area (Å²) in [4.78, 5) is 53.3. The zero-order valence-electron chi connectivity index (χ0n) is 29.5. The van der Waals surface area contributed by atoms with Crippen LogP contribution in [-0.2, 0) is 19.2 Å². The number of nitrogens with zero attached hydrogens (tertiary/aromatic N) is 4. The lowest BCUT2D eigenvalue weighted by Gasteiger charge is -2.26. The number of hydrazone groups is 1. The molecule has 1 aromatic carbocycles. The predicted octanol–water partition coefficient (Wildman–Crippen LogP) is 1.53. The number of rotatable bonds is 20. The Morgan fingerprint density at radius 3 is 2.02 bits per heavy atom. The number of carboxylic acids is 2. The fourth-order valence-corrected chi connectivity index (χ4v) is 5.10. The van der Waals surface area contributed by atoms with Gasteiger partial charge in [-0.25, -0.2) is 0 Å². The number of aliphatic carboxylic acids is 2. The molecule has 17 heteroatoms. The molecule has 49 heavy (non-hydrogen) atoms. The number of ether oxygens (including phenoxy) is 1. The van der Waals surface area contributed by atoms with E-state index in [4.69, 9.17) is 29.2 Å². The molecule has 2 amide bonds. The van der Waals surface area contributed by atoms with Crippen molar-refractivity contribution in [3.8, 4) is 5.75 Å². The molecule has 0 unspecified atom stereocenters. The van der Waals surface area contributed by atoms with Crippen molar-refractivity contribution >= 4 is 64.4 Å². The van der Waals surface area contributed by atoms with E-state index in [0.29, 0.717) is 23.8 Å². The van der Waals surface area contributed by atoms with Crippen LogP contribution in [0.1, 0.15) is 53.5 Å². The molecule has 0 saturated heterocycles. The van der Waals surface area contributed by atoms with Gasteiger partial charge >= 0.3 is 11.9 Å². The van der Waals surface area contributed by atoms with E-state index in [1.54, 1.807) is 0 Å². The Kier molecular flexibility index (Phi) is 18.8. The summed E-state index contributed by atoms with van der Waals surface area (Å²) in [5.41, 5.74) is 8.31. The Bertz CT molecular complexity index is 1310. The van der Waals surface area contributed by atoms with Crippen LogP contribution in [0.5, 0.6) is 5.75 Å². The van der Waals surface area contributed by atoms with Crippen LogP contribution in [0.3, 0.4) is 0 Å². The number of benzene rings is 1. The van der Waals surface area contributed by atoms with Crippen molar-refractivity contribution in [3.05, 3.63) is 29.8 Å². The zero-order valence-corrected chi connectivity index (χ0v) is 31.1. The number of hydrogen-bond acceptors (Lipinski definition) is 11. The van der Waals surface area contributed by atoms with Crippen molar-refractivity contribution in [2.24, 2.45) is 15.9 Å². The van der Waals surface area contributed by atoms with Crippen LogP contribution in [0.2, 0.25) is 0 Å². The molecule has 0 spiro atoms. The lowest BCUT2D eigenvalue weighted by molar-refractivity contribution is -0.141. The third kappa shape index (κ3) is 23.3. The maximum Gasteiger partial charge on any atom is 0.317 e. The van der Waals surface area contributed by atoms with Crippen LogP contribution in [0, 0.1) is 10.8 Å². The van der Waals surface area contributed by atoms with Gasteiger partial charge in [0.2, 0.25) is 11.0 Å². The van der Waals surface area contributed by atoms with Crippen molar-refractivity contribution in [2.75, 3.05) is 66.1 Å².